The number of rotatable bonds is 3. The van der Waals surface area contributed by atoms with Gasteiger partial charge < -0.3 is 0 Å². The number of hydrogen-bond donors (Lipinski definition) is 1. The lowest BCUT2D eigenvalue weighted by Gasteiger charge is -2.07. The lowest BCUT2D eigenvalue weighted by Crippen LogP contribution is -2.14. The third kappa shape index (κ3) is 2.62. The van der Waals surface area contributed by atoms with E-state index in [-0.39, 0.29) is 15.7 Å². The smallest absolute Gasteiger partial charge is 0.264 e. The first-order chi connectivity index (χ1) is 8.38. The van der Waals surface area contributed by atoms with Crippen LogP contribution >= 0.6 is 11.6 Å². The highest BCUT2D eigenvalue weighted by molar-refractivity contribution is 7.92. The molecular weight excluding hydrogens is 281 g/mol. The van der Waals surface area contributed by atoms with E-state index in [9.17, 15) is 12.8 Å². The summed E-state index contributed by atoms with van der Waals surface area (Å²) in [5.74, 6) is -0.435. The van der Waals surface area contributed by atoms with E-state index in [0.29, 0.717) is 0 Å². The molecule has 0 fully saturated rings. The van der Waals surface area contributed by atoms with Crippen molar-refractivity contribution in [1.82, 2.24) is 9.78 Å². The van der Waals surface area contributed by atoms with Crippen LogP contribution in [0.4, 0.5) is 10.2 Å². The molecule has 0 radical (unpaired) electrons. The summed E-state index contributed by atoms with van der Waals surface area (Å²) in [5.41, 5.74) is 0. The summed E-state index contributed by atoms with van der Waals surface area (Å²) >= 11 is 5.70. The molecular formula is C10H9ClFN3O2S. The number of nitrogens with zero attached hydrogens (tertiary/aromatic N) is 2. The minimum atomic E-state index is -3.87. The number of aromatic nitrogens is 2. The van der Waals surface area contributed by atoms with Crippen LogP contribution in [0, 0.1) is 5.82 Å². The normalized spacial score (nSPS) is 11.5. The molecule has 8 heteroatoms. The average molecular weight is 290 g/mol. The maximum Gasteiger partial charge on any atom is 0.264 e. The van der Waals surface area contributed by atoms with Gasteiger partial charge in [-0.25, -0.2) is 12.8 Å². The first kappa shape index (κ1) is 12.8. The largest absolute Gasteiger partial charge is 0.274 e. The van der Waals surface area contributed by atoms with Gasteiger partial charge >= 0.3 is 0 Å². The standard InChI is InChI=1S/C10H9ClFN3O2S/c1-15-5-4-10(13-15)14-18(16,17)9-3-2-7(12)6-8(9)11/h2-6H,1H3,(H,13,14). The van der Waals surface area contributed by atoms with Gasteiger partial charge in [-0.3, -0.25) is 9.40 Å². The van der Waals surface area contributed by atoms with E-state index in [4.69, 9.17) is 11.6 Å². The zero-order valence-electron chi connectivity index (χ0n) is 9.26. The van der Waals surface area contributed by atoms with Crippen molar-refractivity contribution >= 4 is 27.4 Å². The summed E-state index contributed by atoms with van der Waals surface area (Å²) in [7, 11) is -2.22. The van der Waals surface area contributed by atoms with Crippen molar-refractivity contribution in [1.29, 1.82) is 0 Å². The summed E-state index contributed by atoms with van der Waals surface area (Å²) in [5, 5.41) is 3.70. The fourth-order valence-corrected chi connectivity index (χ4v) is 2.88. The highest BCUT2D eigenvalue weighted by Crippen LogP contribution is 2.23. The zero-order chi connectivity index (χ0) is 13.3. The first-order valence-electron chi connectivity index (χ1n) is 4.86. The molecule has 0 atom stereocenters. The maximum atomic E-state index is 12.9. The van der Waals surface area contributed by atoms with Gasteiger partial charge in [-0.2, -0.15) is 5.10 Å². The maximum absolute atomic E-state index is 12.9. The van der Waals surface area contributed by atoms with Gasteiger partial charge in [0.15, 0.2) is 5.82 Å². The van der Waals surface area contributed by atoms with Crippen LogP contribution in [0.5, 0.6) is 0 Å². The molecule has 2 rings (SSSR count). The lowest BCUT2D eigenvalue weighted by atomic mass is 10.3. The summed E-state index contributed by atoms with van der Waals surface area (Å²) in [6.45, 7) is 0. The molecule has 96 valence electrons. The molecule has 0 aliphatic carbocycles. The predicted octanol–water partition coefficient (Wildman–Crippen LogP) is 2.01. The van der Waals surface area contributed by atoms with E-state index < -0.39 is 15.8 Å². The van der Waals surface area contributed by atoms with Gasteiger partial charge in [0.25, 0.3) is 10.0 Å². The van der Waals surface area contributed by atoms with Crippen molar-refractivity contribution in [3.8, 4) is 0 Å². The SMILES string of the molecule is Cn1ccc(NS(=O)(=O)c2ccc(F)cc2Cl)n1. The van der Waals surface area contributed by atoms with Gasteiger partial charge in [-0.15, -0.1) is 0 Å². The highest BCUT2D eigenvalue weighted by Gasteiger charge is 2.19. The number of anilines is 1. The van der Waals surface area contributed by atoms with Crippen molar-refractivity contribution in [2.45, 2.75) is 4.90 Å². The van der Waals surface area contributed by atoms with Gasteiger partial charge in [0.1, 0.15) is 10.7 Å². The number of halogens is 2. The fourth-order valence-electron chi connectivity index (χ4n) is 1.36. The van der Waals surface area contributed by atoms with E-state index in [2.05, 4.69) is 9.82 Å². The Morgan fingerprint density at radius 1 is 1.39 bits per heavy atom. The zero-order valence-corrected chi connectivity index (χ0v) is 10.8. The number of benzene rings is 1. The second-order valence-electron chi connectivity index (χ2n) is 3.55. The molecule has 0 aliphatic rings. The summed E-state index contributed by atoms with van der Waals surface area (Å²) in [6.07, 6.45) is 1.59. The van der Waals surface area contributed by atoms with Gasteiger partial charge in [0.2, 0.25) is 0 Å². The molecule has 1 N–H and O–H groups in total. The second-order valence-corrected chi connectivity index (χ2v) is 5.61. The van der Waals surface area contributed by atoms with Gasteiger partial charge in [-0.05, 0) is 18.2 Å². The Labute approximate surface area is 108 Å². The molecule has 0 unspecified atom stereocenters. The second kappa shape index (κ2) is 4.58. The van der Waals surface area contributed by atoms with E-state index in [1.54, 1.807) is 13.2 Å². The van der Waals surface area contributed by atoms with E-state index in [1.807, 2.05) is 0 Å². The van der Waals surface area contributed by atoms with Crippen molar-refractivity contribution in [2.24, 2.45) is 7.05 Å². The molecule has 0 bridgehead atoms. The highest BCUT2D eigenvalue weighted by atomic mass is 35.5. The summed E-state index contributed by atoms with van der Waals surface area (Å²) < 4.78 is 40.5. The summed E-state index contributed by atoms with van der Waals surface area (Å²) in [6, 6.07) is 4.56. The predicted molar refractivity (Wildman–Crippen MR) is 65.4 cm³/mol. The van der Waals surface area contributed by atoms with Crippen LogP contribution in [0.3, 0.4) is 0 Å². The monoisotopic (exact) mass is 289 g/mol. The molecule has 5 nitrogen and oxygen atoms in total. The van der Waals surface area contributed by atoms with Crippen LogP contribution in [0.2, 0.25) is 5.02 Å². The Balaban J connectivity index is 2.36. The third-order valence-corrected chi connectivity index (χ3v) is 3.97. The number of nitrogens with one attached hydrogen (secondary N) is 1. The molecule has 1 heterocycles. The fraction of sp³-hybridized carbons (Fsp3) is 0.100. The van der Waals surface area contributed by atoms with Crippen molar-refractivity contribution in [3.05, 3.63) is 41.3 Å². The Bertz CT molecular complexity index is 684. The van der Waals surface area contributed by atoms with E-state index >= 15 is 0 Å². The molecule has 18 heavy (non-hydrogen) atoms. The quantitative estimate of drug-likeness (QED) is 0.940. The first-order valence-corrected chi connectivity index (χ1v) is 6.72. The number of sulfonamides is 1. The Morgan fingerprint density at radius 2 is 2.11 bits per heavy atom. The molecule has 0 aliphatic heterocycles. The average Bonchev–Trinajstić information content (AvgIpc) is 2.62. The molecule has 0 amide bonds. The van der Waals surface area contributed by atoms with Crippen LogP contribution in [0.1, 0.15) is 0 Å². The Hall–Kier alpha value is -1.60. The topological polar surface area (TPSA) is 64.0 Å². The number of hydrogen-bond acceptors (Lipinski definition) is 3. The van der Waals surface area contributed by atoms with Crippen molar-refractivity contribution in [2.75, 3.05) is 4.72 Å². The molecule has 0 saturated heterocycles. The molecule has 0 spiro atoms. The Kier molecular flexibility index (Phi) is 3.27. The molecule has 2 aromatic rings. The van der Waals surface area contributed by atoms with Crippen LogP contribution < -0.4 is 4.72 Å². The van der Waals surface area contributed by atoms with Crippen LogP contribution in [0.15, 0.2) is 35.4 Å². The van der Waals surface area contributed by atoms with Crippen molar-refractivity contribution in [3.63, 3.8) is 0 Å². The third-order valence-electron chi connectivity index (χ3n) is 2.14. The van der Waals surface area contributed by atoms with Crippen LogP contribution in [0.25, 0.3) is 0 Å². The summed E-state index contributed by atoms with van der Waals surface area (Å²) in [4.78, 5) is -0.198. The Morgan fingerprint density at radius 3 is 2.67 bits per heavy atom. The van der Waals surface area contributed by atoms with Crippen LogP contribution in [-0.2, 0) is 17.1 Å². The minimum absolute atomic E-state index is 0.165. The van der Waals surface area contributed by atoms with E-state index in [0.717, 1.165) is 18.2 Å². The van der Waals surface area contributed by atoms with Gasteiger partial charge in [-0.1, -0.05) is 11.6 Å². The number of aryl methyl sites for hydroxylation is 1. The molecule has 0 saturated carbocycles. The van der Waals surface area contributed by atoms with Gasteiger partial charge in [0, 0.05) is 19.3 Å². The molecule has 1 aromatic heterocycles. The lowest BCUT2D eigenvalue weighted by molar-refractivity contribution is 0.599. The molecule has 1 aromatic carbocycles. The van der Waals surface area contributed by atoms with Gasteiger partial charge in [0.05, 0.1) is 5.02 Å². The van der Waals surface area contributed by atoms with Crippen molar-refractivity contribution < 1.29 is 12.8 Å². The van der Waals surface area contributed by atoms with Crippen LogP contribution in [-0.4, -0.2) is 18.2 Å². The van der Waals surface area contributed by atoms with E-state index in [1.165, 1.54) is 10.7 Å². The minimum Gasteiger partial charge on any atom is -0.274 e.